The molecule has 2 nitrogen and oxygen atoms in total. The maximum Gasteiger partial charge on any atom is 0.308 e. The topological polar surface area (TPSA) is 26.3 Å². The number of rotatable bonds is 5. The molecule has 0 aliphatic heterocycles. The third-order valence-electron chi connectivity index (χ3n) is 3.45. The lowest BCUT2D eigenvalue weighted by molar-refractivity contribution is -0.142. The van der Waals surface area contributed by atoms with Gasteiger partial charge in [0.25, 0.3) is 0 Å². The first-order valence-corrected chi connectivity index (χ1v) is 6.75. The summed E-state index contributed by atoms with van der Waals surface area (Å²) in [5.74, 6) is 1.34. The van der Waals surface area contributed by atoms with E-state index in [1.54, 1.807) is 0 Å². The number of ether oxygens (including phenoxy) is 1. The van der Waals surface area contributed by atoms with Crippen molar-refractivity contribution in [1.82, 2.24) is 0 Å². The molecule has 0 N–H and O–H groups in total. The number of carbonyl (C=O) groups excluding carboxylic acids is 1. The van der Waals surface area contributed by atoms with Gasteiger partial charge in [0.05, 0.1) is 13.0 Å². The fourth-order valence-electron chi connectivity index (χ4n) is 2.32. The standard InChI is InChI=1S/C13H18O2S/c1-3-9(12-5-4-6-16-12)7-10-8-11(10)13(14)15-2/h4-6,9-11H,3,7-8H2,1-2H3. The Hall–Kier alpha value is -0.830. The van der Waals surface area contributed by atoms with E-state index in [1.165, 1.54) is 12.0 Å². The Morgan fingerprint density at radius 3 is 3.06 bits per heavy atom. The number of hydrogen-bond acceptors (Lipinski definition) is 3. The van der Waals surface area contributed by atoms with Crippen LogP contribution in [0.2, 0.25) is 0 Å². The number of hydrogen-bond donors (Lipinski definition) is 0. The van der Waals surface area contributed by atoms with Gasteiger partial charge in [-0.05, 0) is 42.5 Å². The maximum absolute atomic E-state index is 11.3. The second-order valence-corrected chi connectivity index (χ2v) is 5.46. The van der Waals surface area contributed by atoms with Gasteiger partial charge in [0.15, 0.2) is 0 Å². The van der Waals surface area contributed by atoms with Gasteiger partial charge in [-0.2, -0.15) is 0 Å². The van der Waals surface area contributed by atoms with E-state index >= 15 is 0 Å². The van der Waals surface area contributed by atoms with Crippen LogP contribution in [0.5, 0.6) is 0 Å². The summed E-state index contributed by atoms with van der Waals surface area (Å²) in [5.41, 5.74) is 0. The Labute approximate surface area is 101 Å². The number of esters is 1. The largest absolute Gasteiger partial charge is 0.469 e. The molecule has 1 saturated carbocycles. The lowest BCUT2D eigenvalue weighted by Gasteiger charge is -2.12. The van der Waals surface area contributed by atoms with Crippen LogP contribution in [-0.2, 0) is 9.53 Å². The summed E-state index contributed by atoms with van der Waals surface area (Å²) in [6.07, 6.45) is 3.32. The van der Waals surface area contributed by atoms with Crippen LogP contribution in [-0.4, -0.2) is 13.1 Å². The molecule has 0 saturated heterocycles. The molecule has 0 aromatic carbocycles. The van der Waals surface area contributed by atoms with Crippen LogP contribution in [0.3, 0.4) is 0 Å². The summed E-state index contributed by atoms with van der Waals surface area (Å²) in [6, 6.07) is 4.31. The summed E-state index contributed by atoms with van der Waals surface area (Å²) >= 11 is 1.82. The smallest absolute Gasteiger partial charge is 0.308 e. The molecule has 3 unspecified atom stereocenters. The van der Waals surface area contributed by atoms with Crippen molar-refractivity contribution in [3.8, 4) is 0 Å². The van der Waals surface area contributed by atoms with E-state index in [9.17, 15) is 4.79 Å². The second kappa shape index (κ2) is 5.00. The molecule has 1 aromatic rings. The van der Waals surface area contributed by atoms with E-state index in [0.29, 0.717) is 11.8 Å². The van der Waals surface area contributed by atoms with Crippen LogP contribution in [0.25, 0.3) is 0 Å². The van der Waals surface area contributed by atoms with E-state index in [0.717, 1.165) is 19.3 Å². The van der Waals surface area contributed by atoms with Crippen molar-refractivity contribution in [3.63, 3.8) is 0 Å². The van der Waals surface area contributed by atoms with Gasteiger partial charge in [-0.25, -0.2) is 0 Å². The average molecular weight is 238 g/mol. The summed E-state index contributed by atoms with van der Waals surface area (Å²) in [7, 11) is 1.48. The highest BCUT2D eigenvalue weighted by molar-refractivity contribution is 7.10. The van der Waals surface area contributed by atoms with E-state index in [4.69, 9.17) is 4.74 Å². The Morgan fingerprint density at radius 1 is 1.69 bits per heavy atom. The minimum Gasteiger partial charge on any atom is -0.469 e. The quantitative estimate of drug-likeness (QED) is 0.734. The third kappa shape index (κ3) is 2.46. The van der Waals surface area contributed by atoms with Crippen molar-refractivity contribution < 1.29 is 9.53 Å². The second-order valence-electron chi connectivity index (χ2n) is 4.48. The van der Waals surface area contributed by atoms with Crippen molar-refractivity contribution in [3.05, 3.63) is 22.4 Å². The predicted molar refractivity (Wildman–Crippen MR) is 65.6 cm³/mol. The van der Waals surface area contributed by atoms with Crippen LogP contribution in [0, 0.1) is 11.8 Å². The van der Waals surface area contributed by atoms with Crippen molar-refractivity contribution >= 4 is 17.3 Å². The first-order valence-electron chi connectivity index (χ1n) is 5.87. The van der Waals surface area contributed by atoms with Crippen LogP contribution in [0.4, 0.5) is 0 Å². The summed E-state index contributed by atoms with van der Waals surface area (Å²) in [6.45, 7) is 2.22. The SMILES string of the molecule is CCC(CC1CC1C(=O)OC)c1cccs1. The minimum absolute atomic E-state index is 0.0222. The van der Waals surface area contributed by atoms with Gasteiger partial charge in [0.1, 0.15) is 0 Å². The third-order valence-corrected chi connectivity index (χ3v) is 4.49. The molecular weight excluding hydrogens is 220 g/mol. The lowest BCUT2D eigenvalue weighted by Crippen LogP contribution is -2.06. The first-order chi connectivity index (χ1) is 7.76. The molecular formula is C13H18O2S. The lowest BCUT2D eigenvalue weighted by atomic mass is 9.97. The van der Waals surface area contributed by atoms with Crippen molar-refractivity contribution in [1.29, 1.82) is 0 Å². The zero-order valence-corrected chi connectivity index (χ0v) is 10.6. The Kier molecular flexibility index (Phi) is 3.64. The summed E-state index contributed by atoms with van der Waals surface area (Å²) in [5, 5.41) is 2.13. The van der Waals surface area contributed by atoms with Crippen LogP contribution in [0.1, 0.15) is 37.0 Å². The molecule has 1 aliphatic rings. The van der Waals surface area contributed by atoms with Gasteiger partial charge in [-0.3, -0.25) is 4.79 Å². The van der Waals surface area contributed by atoms with E-state index in [1.807, 2.05) is 11.3 Å². The molecule has 2 rings (SSSR count). The van der Waals surface area contributed by atoms with E-state index in [2.05, 4.69) is 24.4 Å². The van der Waals surface area contributed by atoms with Gasteiger partial charge in [0.2, 0.25) is 0 Å². The Bertz CT molecular complexity index is 345. The molecule has 1 heterocycles. The molecule has 1 aliphatic carbocycles. The van der Waals surface area contributed by atoms with E-state index in [-0.39, 0.29) is 11.9 Å². The molecule has 0 amide bonds. The van der Waals surface area contributed by atoms with Gasteiger partial charge in [0, 0.05) is 4.88 Å². The molecule has 1 aromatic heterocycles. The molecule has 0 radical (unpaired) electrons. The van der Waals surface area contributed by atoms with E-state index < -0.39 is 0 Å². The number of thiophene rings is 1. The Balaban J connectivity index is 1.88. The van der Waals surface area contributed by atoms with Crippen LogP contribution in [0.15, 0.2) is 17.5 Å². The van der Waals surface area contributed by atoms with Crippen LogP contribution >= 0.6 is 11.3 Å². The Morgan fingerprint density at radius 2 is 2.50 bits per heavy atom. The highest BCUT2D eigenvalue weighted by atomic mass is 32.1. The first kappa shape index (κ1) is 11.6. The summed E-state index contributed by atoms with van der Waals surface area (Å²) < 4.78 is 4.77. The number of methoxy groups -OCH3 is 1. The summed E-state index contributed by atoms with van der Waals surface area (Å²) in [4.78, 5) is 12.8. The molecule has 3 heteroatoms. The van der Waals surface area contributed by atoms with Crippen molar-refractivity contribution in [2.45, 2.75) is 32.1 Å². The zero-order chi connectivity index (χ0) is 11.5. The monoisotopic (exact) mass is 238 g/mol. The fraction of sp³-hybridized carbons (Fsp3) is 0.615. The van der Waals surface area contributed by atoms with Gasteiger partial charge >= 0.3 is 5.97 Å². The zero-order valence-electron chi connectivity index (χ0n) is 9.81. The van der Waals surface area contributed by atoms with Gasteiger partial charge in [-0.15, -0.1) is 11.3 Å². The maximum atomic E-state index is 11.3. The molecule has 16 heavy (non-hydrogen) atoms. The highest BCUT2D eigenvalue weighted by Gasteiger charge is 2.44. The molecule has 0 spiro atoms. The van der Waals surface area contributed by atoms with Crippen LogP contribution < -0.4 is 0 Å². The molecule has 0 bridgehead atoms. The van der Waals surface area contributed by atoms with Gasteiger partial charge in [-0.1, -0.05) is 13.0 Å². The van der Waals surface area contributed by atoms with Crippen molar-refractivity contribution in [2.75, 3.05) is 7.11 Å². The number of carbonyl (C=O) groups is 1. The molecule has 1 fully saturated rings. The minimum atomic E-state index is -0.0222. The average Bonchev–Trinajstić information content (AvgIpc) is 2.86. The highest BCUT2D eigenvalue weighted by Crippen LogP contribution is 2.46. The van der Waals surface area contributed by atoms with Crippen molar-refractivity contribution in [2.24, 2.45) is 11.8 Å². The normalized spacial score (nSPS) is 25.1. The fourth-order valence-corrected chi connectivity index (χ4v) is 3.25. The van der Waals surface area contributed by atoms with Gasteiger partial charge < -0.3 is 4.74 Å². The molecule has 3 atom stereocenters. The molecule has 88 valence electrons. The predicted octanol–water partition coefficient (Wildman–Crippen LogP) is 3.44.